The summed E-state index contributed by atoms with van der Waals surface area (Å²) in [5.41, 5.74) is 4.89. The van der Waals surface area contributed by atoms with Gasteiger partial charge in [-0.05, 0) is 44.9 Å². The van der Waals surface area contributed by atoms with Crippen LogP contribution in [-0.4, -0.2) is 45.7 Å². The molecular weight excluding hydrogens is 468 g/mol. The van der Waals surface area contributed by atoms with Gasteiger partial charge in [-0.1, -0.05) is 23.8 Å². The molecule has 0 aliphatic carbocycles. The van der Waals surface area contributed by atoms with Crippen molar-refractivity contribution in [3.8, 4) is 11.1 Å². The number of rotatable bonds is 7. The average Bonchev–Trinajstić information content (AvgIpc) is 3.37. The SMILES string of the molecule is CCOC(=O)c1c(-c2ccc(C)cc2C)csc1NC(=O)COC(=O)c1c(C)nn2cccnc12. The Bertz CT molecular complexity index is 1440. The van der Waals surface area contributed by atoms with Gasteiger partial charge in [0, 0.05) is 23.3 Å². The first-order chi connectivity index (χ1) is 16.8. The number of hydrogen-bond acceptors (Lipinski definition) is 8. The molecule has 0 bridgehead atoms. The maximum absolute atomic E-state index is 12.8. The largest absolute Gasteiger partial charge is 0.462 e. The Balaban J connectivity index is 1.54. The predicted molar refractivity (Wildman–Crippen MR) is 132 cm³/mol. The van der Waals surface area contributed by atoms with Crippen LogP contribution in [0.1, 0.15) is 44.5 Å². The number of aromatic nitrogens is 3. The van der Waals surface area contributed by atoms with Crippen molar-refractivity contribution in [1.82, 2.24) is 14.6 Å². The number of hydrogen-bond donors (Lipinski definition) is 1. The Morgan fingerprint density at radius 3 is 2.57 bits per heavy atom. The summed E-state index contributed by atoms with van der Waals surface area (Å²) >= 11 is 1.21. The van der Waals surface area contributed by atoms with Gasteiger partial charge in [0.25, 0.3) is 5.91 Å². The van der Waals surface area contributed by atoms with Gasteiger partial charge < -0.3 is 14.8 Å². The number of carbonyl (C=O) groups excluding carboxylic acids is 3. The van der Waals surface area contributed by atoms with E-state index in [-0.39, 0.29) is 17.7 Å². The molecule has 0 unspecified atom stereocenters. The fourth-order valence-corrected chi connectivity index (χ4v) is 4.74. The summed E-state index contributed by atoms with van der Waals surface area (Å²) in [5, 5.41) is 9.05. The monoisotopic (exact) mass is 492 g/mol. The number of amides is 1. The molecule has 0 aliphatic heterocycles. The maximum atomic E-state index is 12.8. The first kappa shape index (κ1) is 24.1. The third-order valence-corrected chi connectivity index (χ3v) is 6.20. The fourth-order valence-electron chi connectivity index (χ4n) is 3.77. The first-order valence-corrected chi connectivity index (χ1v) is 11.8. The number of esters is 2. The molecule has 4 rings (SSSR count). The van der Waals surface area contributed by atoms with Crippen LogP contribution >= 0.6 is 11.3 Å². The zero-order valence-corrected chi connectivity index (χ0v) is 20.6. The molecule has 3 aromatic heterocycles. The lowest BCUT2D eigenvalue weighted by atomic mass is 9.97. The van der Waals surface area contributed by atoms with E-state index in [1.165, 1.54) is 15.9 Å². The summed E-state index contributed by atoms with van der Waals surface area (Å²) in [6.45, 7) is 6.99. The van der Waals surface area contributed by atoms with Gasteiger partial charge in [0.1, 0.15) is 16.1 Å². The minimum atomic E-state index is -0.709. The van der Waals surface area contributed by atoms with Crippen molar-refractivity contribution in [1.29, 1.82) is 0 Å². The van der Waals surface area contributed by atoms with Crippen molar-refractivity contribution in [3.63, 3.8) is 0 Å². The van der Waals surface area contributed by atoms with Crippen molar-refractivity contribution in [2.24, 2.45) is 0 Å². The second-order valence-electron chi connectivity index (χ2n) is 7.86. The number of benzene rings is 1. The van der Waals surface area contributed by atoms with Crippen LogP contribution in [0.4, 0.5) is 5.00 Å². The molecule has 9 nitrogen and oxygen atoms in total. The van der Waals surface area contributed by atoms with Crippen molar-refractivity contribution in [3.05, 3.63) is 70.0 Å². The van der Waals surface area contributed by atoms with E-state index < -0.39 is 24.5 Å². The van der Waals surface area contributed by atoms with Crippen LogP contribution in [0, 0.1) is 20.8 Å². The molecule has 0 fully saturated rings. The number of thiophene rings is 1. The lowest BCUT2D eigenvalue weighted by Gasteiger charge is -2.11. The van der Waals surface area contributed by atoms with Crippen LogP contribution in [0.2, 0.25) is 0 Å². The Morgan fingerprint density at radius 2 is 1.83 bits per heavy atom. The highest BCUT2D eigenvalue weighted by molar-refractivity contribution is 7.15. The van der Waals surface area contributed by atoms with E-state index in [0.717, 1.165) is 16.7 Å². The average molecular weight is 493 g/mol. The summed E-state index contributed by atoms with van der Waals surface area (Å²) in [6.07, 6.45) is 3.21. The summed E-state index contributed by atoms with van der Waals surface area (Å²) in [5.74, 6) is -1.83. The van der Waals surface area contributed by atoms with Gasteiger partial charge in [0.05, 0.1) is 12.3 Å². The van der Waals surface area contributed by atoms with E-state index in [1.807, 2.05) is 32.0 Å². The Hall–Kier alpha value is -4.05. The molecule has 0 saturated heterocycles. The van der Waals surface area contributed by atoms with E-state index in [0.29, 0.717) is 21.9 Å². The van der Waals surface area contributed by atoms with Gasteiger partial charge in [0.15, 0.2) is 12.3 Å². The van der Waals surface area contributed by atoms with Crippen molar-refractivity contribution >= 4 is 39.8 Å². The lowest BCUT2D eigenvalue weighted by molar-refractivity contribution is -0.119. The number of nitrogens with one attached hydrogen (secondary N) is 1. The highest BCUT2D eigenvalue weighted by atomic mass is 32.1. The van der Waals surface area contributed by atoms with E-state index in [2.05, 4.69) is 15.4 Å². The van der Waals surface area contributed by atoms with Crippen LogP contribution in [0.25, 0.3) is 16.8 Å². The molecule has 0 radical (unpaired) electrons. The highest BCUT2D eigenvalue weighted by Crippen LogP contribution is 2.38. The van der Waals surface area contributed by atoms with Crippen molar-refractivity contribution in [2.45, 2.75) is 27.7 Å². The number of carbonyl (C=O) groups is 3. The molecule has 1 N–H and O–H groups in total. The van der Waals surface area contributed by atoms with Crippen LogP contribution in [-0.2, 0) is 14.3 Å². The van der Waals surface area contributed by atoms with Gasteiger partial charge in [-0.15, -0.1) is 11.3 Å². The minimum Gasteiger partial charge on any atom is -0.462 e. The number of aryl methyl sites for hydroxylation is 3. The smallest absolute Gasteiger partial charge is 0.344 e. The van der Waals surface area contributed by atoms with E-state index in [1.54, 1.807) is 37.7 Å². The normalized spacial score (nSPS) is 10.9. The van der Waals surface area contributed by atoms with Crippen molar-refractivity contribution < 1.29 is 23.9 Å². The second kappa shape index (κ2) is 10.1. The molecule has 35 heavy (non-hydrogen) atoms. The molecule has 180 valence electrons. The van der Waals surface area contributed by atoms with Crippen LogP contribution < -0.4 is 5.32 Å². The fraction of sp³-hybridized carbons (Fsp3) is 0.240. The molecule has 0 saturated carbocycles. The van der Waals surface area contributed by atoms with E-state index in [4.69, 9.17) is 9.47 Å². The number of nitrogens with zero attached hydrogens (tertiary/aromatic N) is 3. The van der Waals surface area contributed by atoms with Crippen LogP contribution in [0.3, 0.4) is 0 Å². The van der Waals surface area contributed by atoms with Crippen LogP contribution in [0.5, 0.6) is 0 Å². The quantitative estimate of drug-likeness (QED) is 0.382. The Morgan fingerprint density at radius 1 is 1.06 bits per heavy atom. The molecule has 4 aromatic rings. The van der Waals surface area contributed by atoms with Gasteiger partial charge in [0.2, 0.25) is 0 Å². The molecule has 10 heteroatoms. The zero-order chi connectivity index (χ0) is 25.1. The van der Waals surface area contributed by atoms with Crippen molar-refractivity contribution in [2.75, 3.05) is 18.5 Å². The third-order valence-electron chi connectivity index (χ3n) is 5.30. The standard InChI is InChI=1S/C25H24N4O5S/c1-5-33-25(32)21-18(17-8-7-14(2)11-15(17)3)13-35-23(21)27-19(30)12-34-24(31)20-16(4)28-29-10-6-9-26-22(20)29/h6-11,13H,5,12H2,1-4H3,(H,27,30). The predicted octanol–water partition coefficient (Wildman–Crippen LogP) is 4.36. The molecule has 0 aliphatic rings. The van der Waals surface area contributed by atoms with Gasteiger partial charge in [-0.3, -0.25) is 4.79 Å². The molecule has 1 amide bonds. The molecular formula is C25H24N4O5S. The maximum Gasteiger partial charge on any atom is 0.344 e. The van der Waals surface area contributed by atoms with Gasteiger partial charge >= 0.3 is 11.9 Å². The van der Waals surface area contributed by atoms with E-state index >= 15 is 0 Å². The third kappa shape index (κ3) is 4.92. The zero-order valence-electron chi connectivity index (χ0n) is 19.7. The Labute approximate surface area is 205 Å². The first-order valence-electron chi connectivity index (χ1n) is 10.9. The molecule has 1 aromatic carbocycles. The highest BCUT2D eigenvalue weighted by Gasteiger charge is 2.25. The second-order valence-corrected chi connectivity index (χ2v) is 8.74. The summed E-state index contributed by atoms with van der Waals surface area (Å²) in [4.78, 5) is 42.3. The van der Waals surface area contributed by atoms with Gasteiger partial charge in [-0.2, -0.15) is 5.10 Å². The van der Waals surface area contributed by atoms with Gasteiger partial charge in [-0.25, -0.2) is 19.1 Å². The summed E-state index contributed by atoms with van der Waals surface area (Å²) < 4.78 is 11.9. The topological polar surface area (TPSA) is 112 Å². The minimum absolute atomic E-state index is 0.193. The lowest BCUT2D eigenvalue weighted by Crippen LogP contribution is -2.22. The number of ether oxygens (including phenoxy) is 2. The Kier molecular flexibility index (Phi) is 6.92. The van der Waals surface area contributed by atoms with Crippen LogP contribution in [0.15, 0.2) is 42.0 Å². The summed E-state index contributed by atoms with van der Waals surface area (Å²) in [7, 11) is 0. The molecule has 0 spiro atoms. The summed E-state index contributed by atoms with van der Waals surface area (Å²) in [6, 6.07) is 7.62. The number of anilines is 1. The van der Waals surface area contributed by atoms with E-state index in [9.17, 15) is 14.4 Å². The molecule has 0 atom stereocenters. The molecule has 3 heterocycles. The number of fused-ring (bicyclic) bond motifs is 1.